The number of carbonyl (C=O) groups is 1. The second kappa shape index (κ2) is 4.81. The predicted octanol–water partition coefficient (Wildman–Crippen LogP) is 1.85. The van der Waals surface area contributed by atoms with E-state index >= 15 is 0 Å². The first-order valence-corrected chi connectivity index (χ1v) is 5.71. The summed E-state index contributed by atoms with van der Waals surface area (Å²) in [7, 11) is 0. The Morgan fingerprint density at radius 3 is 3.12 bits per heavy atom. The Bertz CT molecular complexity index is 378. The van der Waals surface area contributed by atoms with Crippen molar-refractivity contribution in [2.24, 2.45) is 5.92 Å². The van der Waals surface area contributed by atoms with Gasteiger partial charge in [0.1, 0.15) is 5.82 Å². The minimum atomic E-state index is -2.69. The summed E-state index contributed by atoms with van der Waals surface area (Å²) in [6.45, 7) is 0.258. The number of aromatic amines is 1. The molecule has 1 atom stereocenters. The van der Waals surface area contributed by atoms with E-state index in [1.165, 1.54) is 0 Å². The molecular weight excluding hydrogens is 228 g/mol. The average Bonchev–Trinajstić information content (AvgIpc) is 2.77. The minimum absolute atomic E-state index is 0.102. The highest BCUT2D eigenvalue weighted by Crippen LogP contribution is 2.36. The standard InChI is InChI=1S/C11H15F2N3O/c12-11(13)3-1-2-8(6-11)10(17)16-7-9-14-4-5-15-9/h4-5,8H,1-3,6-7H2,(H,14,15)(H,16,17). The van der Waals surface area contributed by atoms with Gasteiger partial charge in [0.05, 0.1) is 6.54 Å². The number of hydrogen-bond donors (Lipinski definition) is 2. The third kappa shape index (κ3) is 3.25. The maximum absolute atomic E-state index is 13.1. The molecule has 0 spiro atoms. The number of alkyl halides is 2. The van der Waals surface area contributed by atoms with Crippen LogP contribution < -0.4 is 5.32 Å². The average molecular weight is 243 g/mol. The van der Waals surface area contributed by atoms with Crippen LogP contribution in [0.1, 0.15) is 31.5 Å². The molecule has 17 heavy (non-hydrogen) atoms. The highest BCUT2D eigenvalue weighted by molar-refractivity contribution is 5.78. The van der Waals surface area contributed by atoms with E-state index in [0.717, 1.165) is 0 Å². The zero-order valence-corrected chi connectivity index (χ0v) is 9.38. The highest BCUT2D eigenvalue weighted by atomic mass is 19.3. The SMILES string of the molecule is O=C(NCc1ncc[nH]1)C1CCCC(F)(F)C1. The van der Waals surface area contributed by atoms with E-state index in [9.17, 15) is 13.6 Å². The third-order valence-electron chi connectivity index (χ3n) is 3.00. The van der Waals surface area contributed by atoms with Gasteiger partial charge in [0.2, 0.25) is 11.8 Å². The summed E-state index contributed by atoms with van der Waals surface area (Å²) in [5, 5.41) is 2.63. The summed E-state index contributed by atoms with van der Waals surface area (Å²) in [6, 6.07) is 0. The van der Waals surface area contributed by atoms with Crippen molar-refractivity contribution in [1.82, 2.24) is 15.3 Å². The lowest BCUT2D eigenvalue weighted by Crippen LogP contribution is -2.37. The van der Waals surface area contributed by atoms with Crippen molar-refractivity contribution >= 4 is 5.91 Å². The van der Waals surface area contributed by atoms with Crippen molar-refractivity contribution in [3.8, 4) is 0 Å². The van der Waals surface area contributed by atoms with Gasteiger partial charge in [-0.3, -0.25) is 4.79 Å². The zero-order chi connectivity index (χ0) is 12.3. The van der Waals surface area contributed by atoms with Crippen LogP contribution in [0.15, 0.2) is 12.4 Å². The Morgan fingerprint density at radius 2 is 2.47 bits per heavy atom. The molecular formula is C11H15F2N3O. The molecule has 1 amide bonds. The highest BCUT2D eigenvalue weighted by Gasteiger charge is 2.38. The quantitative estimate of drug-likeness (QED) is 0.851. The van der Waals surface area contributed by atoms with E-state index in [0.29, 0.717) is 18.7 Å². The number of nitrogens with one attached hydrogen (secondary N) is 2. The number of rotatable bonds is 3. The Hall–Kier alpha value is -1.46. The van der Waals surface area contributed by atoms with Gasteiger partial charge in [-0.1, -0.05) is 0 Å². The number of hydrogen-bond acceptors (Lipinski definition) is 2. The summed E-state index contributed by atoms with van der Waals surface area (Å²) in [5.74, 6) is -2.94. The zero-order valence-electron chi connectivity index (χ0n) is 9.38. The molecule has 0 aromatic carbocycles. The Balaban J connectivity index is 1.83. The number of nitrogens with zero attached hydrogens (tertiary/aromatic N) is 1. The number of aromatic nitrogens is 2. The van der Waals surface area contributed by atoms with Gasteiger partial charge >= 0.3 is 0 Å². The van der Waals surface area contributed by atoms with Gasteiger partial charge in [0.25, 0.3) is 0 Å². The molecule has 4 nitrogen and oxygen atoms in total. The topological polar surface area (TPSA) is 57.8 Å². The third-order valence-corrected chi connectivity index (χ3v) is 3.00. The van der Waals surface area contributed by atoms with Gasteiger partial charge in [-0.15, -0.1) is 0 Å². The second-order valence-corrected chi connectivity index (χ2v) is 4.40. The molecule has 6 heteroatoms. The maximum Gasteiger partial charge on any atom is 0.248 e. The van der Waals surface area contributed by atoms with E-state index in [1.807, 2.05) is 0 Å². The fourth-order valence-corrected chi connectivity index (χ4v) is 2.11. The van der Waals surface area contributed by atoms with Crippen LogP contribution >= 0.6 is 0 Å². The molecule has 0 saturated heterocycles. The Labute approximate surface area is 97.8 Å². The first-order chi connectivity index (χ1) is 8.07. The molecule has 1 fully saturated rings. The minimum Gasteiger partial charge on any atom is -0.349 e. The number of halogens is 2. The Kier molecular flexibility index (Phi) is 3.40. The van der Waals surface area contributed by atoms with Crippen molar-refractivity contribution in [1.29, 1.82) is 0 Å². The molecule has 0 aliphatic heterocycles. The van der Waals surface area contributed by atoms with E-state index in [1.54, 1.807) is 12.4 Å². The number of carbonyl (C=O) groups excluding carboxylic acids is 1. The van der Waals surface area contributed by atoms with Crippen LogP contribution in [0.5, 0.6) is 0 Å². The molecule has 1 aromatic rings. The smallest absolute Gasteiger partial charge is 0.248 e. The maximum atomic E-state index is 13.1. The van der Waals surface area contributed by atoms with E-state index < -0.39 is 11.8 Å². The summed E-state index contributed by atoms with van der Waals surface area (Å²) in [4.78, 5) is 18.5. The molecule has 2 N–H and O–H groups in total. The first kappa shape index (κ1) is 12.0. The lowest BCUT2D eigenvalue weighted by molar-refractivity contribution is -0.132. The molecule has 1 aliphatic carbocycles. The molecule has 1 unspecified atom stereocenters. The summed E-state index contributed by atoms with van der Waals surface area (Å²) in [6.07, 6.45) is 3.74. The van der Waals surface area contributed by atoms with Crippen molar-refractivity contribution in [2.45, 2.75) is 38.2 Å². The van der Waals surface area contributed by atoms with Crippen LogP contribution in [0.3, 0.4) is 0 Å². The van der Waals surface area contributed by atoms with Gasteiger partial charge in [-0.2, -0.15) is 0 Å². The van der Waals surface area contributed by atoms with Crippen LogP contribution in [0.4, 0.5) is 8.78 Å². The molecule has 1 heterocycles. The fourth-order valence-electron chi connectivity index (χ4n) is 2.11. The van der Waals surface area contributed by atoms with Gasteiger partial charge in [-0.05, 0) is 12.8 Å². The first-order valence-electron chi connectivity index (χ1n) is 5.71. The van der Waals surface area contributed by atoms with Crippen LogP contribution in [-0.2, 0) is 11.3 Å². The molecule has 1 aliphatic rings. The fraction of sp³-hybridized carbons (Fsp3) is 0.636. The molecule has 0 radical (unpaired) electrons. The lowest BCUT2D eigenvalue weighted by Gasteiger charge is -2.27. The van der Waals surface area contributed by atoms with Gasteiger partial charge < -0.3 is 10.3 Å². The van der Waals surface area contributed by atoms with Gasteiger partial charge in [0, 0.05) is 31.2 Å². The number of imidazole rings is 1. The molecule has 0 bridgehead atoms. The molecule has 1 aromatic heterocycles. The van der Waals surface area contributed by atoms with Crippen molar-refractivity contribution in [2.75, 3.05) is 0 Å². The van der Waals surface area contributed by atoms with E-state index in [4.69, 9.17) is 0 Å². The molecule has 1 saturated carbocycles. The van der Waals surface area contributed by atoms with Crippen LogP contribution in [0.2, 0.25) is 0 Å². The predicted molar refractivity (Wildman–Crippen MR) is 57.3 cm³/mol. The summed E-state index contributed by atoms with van der Waals surface area (Å²) in [5.41, 5.74) is 0. The van der Waals surface area contributed by atoms with Crippen molar-refractivity contribution < 1.29 is 13.6 Å². The van der Waals surface area contributed by atoms with E-state index in [2.05, 4.69) is 15.3 Å². The van der Waals surface area contributed by atoms with E-state index in [-0.39, 0.29) is 25.3 Å². The Morgan fingerprint density at radius 1 is 1.65 bits per heavy atom. The summed E-state index contributed by atoms with van der Waals surface area (Å²) >= 11 is 0. The lowest BCUT2D eigenvalue weighted by atomic mass is 9.86. The molecule has 94 valence electrons. The van der Waals surface area contributed by atoms with Crippen molar-refractivity contribution in [3.05, 3.63) is 18.2 Å². The van der Waals surface area contributed by atoms with Crippen LogP contribution in [0.25, 0.3) is 0 Å². The van der Waals surface area contributed by atoms with Gasteiger partial charge in [0.15, 0.2) is 0 Å². The molecule has 2 rings (SSSR count). The monoisotopic (exact) mass is 243 g/mol. The van der Waals surface area contributed by atoms with Crippen LogP contribution in [0, 0.1) is 5.92 Å². The summed E-state index contributed by atoms with van der Waals surface area (Å²) < 4.78 is 26.3. The number of H-pyrrole nitrogens is 1. The van der Waals surface area contributed by atoms with Crippen LogP contribution in [-0.4, -0.2) is 21.8 Å². The largest absolute Gasteiger partial charge is 0.349 e. The normalized spacial score (nSPS) is 23.3. The number of amides is 1. The second-order valence-electron chi connectivity index (χ2n) is 4.40. The van der Waals surface area contributed by atoms with Crippen molar-refractivity contribution in [3.63, 3.8) is 0 Å². The van der Waals surface area contributed by atoms with Gasteiger partial charge in [-0.25, -0.2) is 13.8 Å².